The molecule has 1 saturated heterocycles. The van der Waals surface area contributed by atoms with E-state index in [-0.39, 0.29) is 11.5 Å². The first kappa shape index (κ1) is 24.4. The first-order valence-corrected chi connectivity index (χ1v) is 11.0. The SMILES string of the molecule is CCNC(=NCc1ccccc1OCCN1CCOCC1)NCC(OC)C(C)(C)C. The number of morpholine rings is 1. The lowest BCUT2D eigenvalue weighted by molar-refractivity contribution is 0.0205. The Labute approximate surface area is 182 Å². The molecular formula is C23H40N4O3. The van der Waals surface area contributed by atoms with Crippen molar-refractivity contribution < 1.29 is 14.2 Å². The second kappa shape index (κ2) is 12.8. The highest BCUT2D eigenvalue weighted by atomic mass is 16.5. The van der Waals surface area contributed by atoms with Crippen molar-refractivity contribution in [2.75, 3.05) is 59.7 Å². The van der Waals surface area contributed by atoms with Crippen LogP contribution in [0.4, 0.5) is 0 Å². The van der Waals surface area contributed by atoms with Gasteiger partial charge in [-0.2, -0.15) is 0 Å². The summed E-state index contributed by atoms with van der Waals surface area (Å²) in [6.07, 6.45) is 0.0946. The monoisotopic (exact) mass is 420 g/mol. The topological polar surface area (TPSA) is 67.4 Å². The Morgan fingerprint density at radius 1 is 1.20 bits per heavy atom. The van der Waals surface area contributed by atoms with E-state index in [4.69, 9.17) is 19.2 Å². The number of ether oxygens (including phenoxy) is 3. The molecule has 1 heterocycles. The van der Waals surface area contributed by atoms with Crippen LogP contribution in [-0.4, -0.2) is 76.6 Å². The van der Waals surface area contributed by atoms with E-state index in [9.17, 15) is 0 Å². The number of nitrogens with zero attached hydrogens (tertiary/aromatic N) is 2. The average Bonchev–Trinajstić information content (AvgIpc) is 2.73. The summed E-state index contributed by atoms with van der Waals surface area (Å²) in [5.41, 5.74) is 1.13. The smallest absolute Gasteiger partial charge is 0.191 e. The molecule has 7 nitrogen and oxygen atoms in total. The van der Waals surface area contributed by atoms with E-state index in [0.29, 0.717) is 19.7 Å². The predicted molar refractivity (Wildman–Crippen MR) is 122 cm³/mol. The van der Waals surface area contributed by atoms with Gasteiger partial charge in [0.25, 0.3) is 0 Å². The van der Waals surface area contributed by atoms with Gasteiger partial charge in [0.2, 0.25) is 0 Å². The molecule has 0 radical (unpaired) electrons. The maximum atomic E-state index is 6.08. The van der Waals surface area contributed by atoms with Gasteiger partial charge >= 0.3 is 0 Å². The van der Waals surface area contributed by atoms with Crippen molar-refractivity contribution in [3.63, 3.8) is 0 Å². The molecule has 0 aromatic heterocycles. The van der Waals surface area contributed by atoms with E-state index in [2.05, 4.69) is 49.3 Å². The van der Waals surface area contributed by atoms with Crippen LogP contribution in [0.3, 0.4) is 0 Å². The van der Waals surface area contributed by atoms with Gasteiger partial charge in [0.15, 0.2) is 5.96 Å². The zero-order chi connectivity index (χ0) is 21.8. The molecule has 1 aliphatic rings. The summed E-state index contributed by atoms with van der Waals surface area (Å²) in [6.45, 7) is 15.8. The Morgan fingerprint density at radius 3 is 2.60 bits per heavy atom. The zero-order valence-electron chi connectivity index (χ0n) is 19.4. The molecule has 1 unspecified atom stereocenters. The number of guanidine groups is 1. The second-order valence-electron chi connectivity index (χ2n) is 8.58. The molecule has 1 aromatic carbocycles. The van der Waals surface area contributed by atoms with Gasteiger partial charge in [-0.3, -0.25) is 4.90 Å². The molecule has 1 aliphatic heterocycles. The van der Waals surface area contributed by atoms with Crippen LogP contribution in [0.25, 0.3) is 0 Å². The maximum absolute atomic E-state index is 6.08. The first-order chi connectivity index (χ1) is 14.4. The van der Waals surface area contributed by atoms with Gasteiger partial charge in [0.1, 0.15) is 12.4 Å². The van der Waals surface area contributed by atoms with Crippen molar-refractivity contribution >= 4 is 5.96 Å². The van der Waals surface area contributed by atoms with Crippen molar-refractivity contribution in [1.29, 1.82) is 0 Å². The van der Waals surface area contributed by atoms with E-state index in [0.717, 1.165) is 56.7 Å². The van der Waals surface area contributed by atoms with Gasteiger partial charge in [0, 0.05) is 45.4 Å². The number of aliphatic imine (C=N–C) groups is 1. The van der Waals surface area contributed by atoms with Crippen LogP contribution in [0.1, 0.15) is 33.3 Å². The Balaban J connectivity index is 1.92. The van der Waals surface area contributed by atoms with Crippen LogP contribution in [0.2, 0.25) is 0 Å². The number of para-hydroxylation sites is 1. The van der Waals surface area contributed by atoms with Crippen LogP contribution in [0.15, 0.2) is 29.3 Å². The average molecular weight is 421 g/mol. The fraction of sp³-hybridized carbons (Fsp3) is 0.696. The molecule has 2 rings (SSSR count). The lowest BCUT2D eigenvalue weighted by atomic mass is 9.89. The molecule has 1 aromatic rings. The quantitative estimate of drug-likeness (QED) is 0.448. The van der Waals surface area contributed by atoms with Gasteiger partial charge in [-0.25, -0.2) is 4.99 Å². The summed E-state index contributed by atoms with van der Waals surface area (Å²) >= 11 is 0. The lowest BCUT2D eigenvalue weighted by Crippen LogP contribution is -2.45. The minimum Gasteiger partial charge on any atom is -0.492 e. The molecular weight excluding hydrogens is 380 g/mol. The van der Waals surface area contributed by atoms with Gasteiger partial charge in [-0.05, 0) is 18.4 Å². The highest BCUT2D eigenvalue weighted by molar-refractivity contribution is 5.79. The molecule has 0 aliphatic carbocycles. The second-order valence-corrected chi connectivity index (χ2v) is 8.58. The highest BCUT2D eigenvalue weighted by Crippen LogP contribution is 2.21. The molecule has 30 heavy (non-hydrogen) atoms. The van der Waals surface area contributed by atoms with Gasteiger partial charge < -0.3 is 24.8 Å². The molecule has 7 heteroatoms. The third-order valence-corrected chi connectivity index (χ3v) is 5.20. The number of methoxy groups -OCH3 is 1. The lowest BCUT2D eigenvalue weighted by Gasteiger charge is -2.30. The third-order valence-electron chi connectivity index (χ3n) is 5.20. The standard InChI is InChI=1S/C23H40N4O3/c1-6-24-22(26-18-21(28-5)23(2,3)4)25-17-19-9-7-8-10-20(19)30-16-13-27-11-14-29-15-12-27/h7-10,21H,6,11-18H2,1-5H3,(H2,24,25,26). The summed E-state index contributed by atoms with van der Waals surface area (Å²) in [7, 11) is 1.76. The third kappa shape index (κ3) is 8.50. The van der Waals surface area contributed by atoms with Crippen LogP contribution in [-0.2, 0) is 16.0 Å². The molecule has 0 saturated carbocycles. The number of hydrogen-bond donors (Lipinski definition) is 2. The summed E-state index contributed by atoms with van der Waals surface area (Å²) in [6, 6.07) is 8.13. The van der Waals surface area contributed by atoms with Crippen molar-refractivity contribution in [2.24, 2.45) is 10.4 Å². The molecule has 0 spiro atoms. The summed E-state index contributed by atoms with van der Waals surface area (Å²) < 4.78 is 17.1. The normalized spacial score (nSPS) is 16.9. The van der Waals surface area contributed by atoms with Crippen LogP contribution >= 0.6 is 0 Å². The van der Waals surface area contributed by atoms with Crippen molar-refractivity contribution in [3.8, 4) is 5.75 Å². The first-order valence-electron chi connectivity index (χ1n) is 11.0. The Hall–Kier alpha value is -1.83. The summed E-state index contributed by atoms with van der Waals surface area (Å²) in [5, 5.41) is 6.72. The zero-order valence-corrected chi connectivity index (χ0v) is 19.4. The van der Waals surface area contributed by atoms with E-state index >= 15 is 0 Å². The van der Waals surface area contributed by atoms with Crippen molar-refractivity contribution in [3.05, 3.63) is 29.8 Å². The fourth-order valence-corrected chi connectivity index (χ4v) is 3.32. The van der Waals surface area contributed by atoms with Gasteiger partial charge in [-0.1, -0.05) is 39.0 Å². The van der Waals surface area contributed by atoms with E-state index in [1.54, 1.807) is 7.11 Å². The maximum Gasteiger partial charge on any atom is 0.191 e. The summed E-state index contributed by atoms with van der Waals surface area (Å²) in [5.74, 6) is 1.68. The number of hydrogen-bond acceptors (Lipinski definition) is 5. The van der Waals surface area contributed by atoms with Gasteiger partial charge in [-0.15, -0.1) is 0 Å². The number of benzene rings is 1. The van der Waals surface area contributed by atoms with Crippen LogP contribution < -0.4 is 15.4 Å². The molecule has 0 bridgehead atoms. The Morgan fingerprint density at radius 2 is 1.93 bits per heavy atom. The molecule has 1 atom stereocenters. The highest BCUT2D eigenvalue weighted by Gasteiger charge is 2.24. The van der Waals surface area contributed by atoms with Crippen LogP contribution in [0, 0.1) is 5.41 Å². The molecule has 0 amide bonds. The van der Waals surface area contributed by atoms with Gasteiger partial charge in [0.05, 0.1) is 25.9 Å². The molecule has 170 valence electrons. The van der Waals surface area contributed by atoms with Crippen molar-refractivity contribution in [2.45, 2.75) is 40.3 Å². The number of rotatable bonds is 10. The Kier molecular flexibility index (Phi) is 10.4. The Bertz CT molecular complexity index is 640. The minimum atomic E-state index is 0.0556. The number of nitrogens with one attached hydrogen (secondary N) is 2. The molecule has 2 N–H and O–H groups in total. The van der Waals surface area contributed by atoms with E-state index in [1.165, 1.54) is 0 Å². The van der Waals surface area contributed by atoms with E-state index < -0.39 is 0 Å². The molecule has 1 fully saturated rings. The van der Waals surface area contributed by atoms with E-state index in [1.807, 2.05) is 18.2 Å². The predicted octanol–water partition coefficient (Wildman–Crippen LogP) is 2.51. The van der Waals surface area contributed by atoms with Crippen LogP contribution in [0.5, 0.6) is 5.75 Å². The summed E-state index contributed by atoms with van der Waals surface area (Å²) in [4.78, 5) is 7.14. The van der Waals surface area contributed by atoms with Crippen molar-refractivity contribution in [1.82, 2.24) is 15.5 Å². The minimum absolute atomic E-state index is 0.0556. The fourth-order valence-electron chi connectivity index (χ4n) is 3.32. The largest absolute Gasteiger partial charge is 0.492 e.